The van der Waals surface area contributed by atoms with Gasteiger partial charge in [0.25, 0.3) is 5.91 Å². The molecular formula is C31H29F3N4O3. The lowest BCUT2D eigenvalue weighted by atomic mass is 9.93. The van der Waals surface area contributed by atoms with E-state index < -0.39 is 17.6 Å². The number of nitrogens with two attached hydrogens (primary N) is 1. The summed E-state index contributed by atoms with van der Waals surface area (Å²) in [7, 11) is 0. The lowest BCUT2D eigenvalue weighted by molar-refractivity contribution is -0.136. The van der Waals surface area contributed by atoms with Crippen molar-refractivity contribution in [3.05, 3.63) is 89.3 Å². The Balaban J connectivity index is 1.34. The lowest BCUT2D eigenvalue weighted by Gasteiger charge is -2.20. The van der Waals surface area contributed by atoms with Crippen LogP contribution in [0.5, 0.6) is 0 Å². The van der Waals surface area contributed by atoms with Crippen molar-refractivity contribution in [1.29, 1.82) is 0 Å². The van der Waals surface area contributed by atoms with E-state index in [-0.39, 0.29) is 34.6 Å². The van der Waals surface area contributed by atoms with Gasteiger partial charge >= 0.3 is 6.18 Å². The number of fused-ring (bicyclic) bond motifs is 1. The standard InChI is InChI=1S/C31H29F3N4O3/c1-30(2)11-12-38(18-30)29(40)21-7-5-20(6-8-21)22-13-23-14-24(41-28(23)25(15-22)31(32,33)34)17-37-27(39)10-4-19-3-9-26(35)36-16-19/h3-10,13-16H,11-12,17-18H2,1-2H3,(H2,35,36)(H,37,39)/b10-4+. The van der Waals surface area contributed by atoms with E-state index in [2.05, 4.69) is 24.1 Å². The van der Waals surface area contributed by atoms with Gasteiger partial charge in [-0.3, -0.25) is 9.59 Å². The van der Waals surface area contributed by atoms with Crippen molar-refractivity contribution < 1.29 is 27.2 Å². The lowest BCUT2D eigenvalue weighted by Crippen LogP contribution is -2.30. The smallest absolute Gasteiger partial charge is 0.420 e. The number of anilines is 1. The third-order valence-electron chi connectivity index (χ3n) is 7.08. The number of alkyl halides is 3. The molecule has 2 amide bonds. The Morgan fingerprint density at radius 3 is 2.49 bits per heavy atom. The Hall–Kier alpha value is -4.60. The Bertz CT molecular complexity index is 1620. The summed E-state index contributed by atoms with van der Waals surface area (Å²) >= 11 is 0. The van der Waals surface area contributed by atoms with Gasteiger partial charge in [0.15, 0.2) is 0 Å². The van der Waals surface area contributed by atoms with Crippen molar-refractivity contribution in [2.45, 2.75) is 33.0 Å². The molecule has 5 rings (SSSR count). The zero-order valence-electron chi connectivity index (χ0n) is 22.6. The topological polar surface area (TPSA) is 101 Å². The summed E-state index contributed by atoms with van der Waals surface area (Å²) < 4.78 is 47.6. The summed E-state index contributed by atoms with van der Waals surface area (Å²) in [6.45, 7) is 5.47. The molecule has 0 aliphatic carbocycles. The minimum atomic E-state index is -4.67. The molecule has 0 unspecified atom stereocenters. The van der Waals surface area contributed by atoms with Gasteiger partial charge in [0.05, 0.1) is 12.1 Å². The number of likely N-dealkylation sites (tertiary alicyclic amines) is 1. The molecule has 1 aliphatic rings. The SMILES string of the molecule is CC1(C)CCN(C(=O)c2ccc(-c3cc(C(F)(F)F)c4oc(CNC(=O)/C=C/c5ccc(N)nc5)cc4c3)cc2)C1. The van der Waals surface area contributed by atoms with Crippen LogP contribution in [0.3, 0.4) is 0 Å². The minimum absolute atomic E-state index is 0.0668. The molecule has 0 radical (unpaired) electrons. The second-order valence-electron chi connectivity index (χ2n) is 10.9. The van der Waals surface area contributed by atoms with Gasteiger partial charge in [0.1, 0.15) is 17.2 Å². The molecule has 2 aromatic carbocycles. The highest BCUT2D eigenvalue weighted by atomic mass is 19.4. The van der Waals surface area contributed by atoms with Crippen LogP contribution in [0.4, 0.5) is 19.0 Å². The van der Waals surface area contributed by atoms with Gasteiger partial charge in [0.2, 0.25) is 5.91 Å². The molecule has 1 aliphatic heterocycles. The predicted molar refractivity (Wildman–Crippen MR) is 150 cm³/mol. The zero-order valence-corrected chi connectivity index (χ0v) is 22.6. The van der Waals surface area contributed by atoms with Crippen LogP contribution in [-0.4, -0.2) is 34.8 Å². The summed E-state index contributed by atoms with van der Waals surface area (Å²) in [5, 5.41) is 2.86. The normalized spacial score (nSPS) is 15.1. The van der Waals surface area contributed by atoms with Crippen LogP contribution in [-0.2, 0) is 17.5 Å². The van der Waals surface area contributed by atoms with Gasteiger partial charge in [-0.25, -0.2) is 4.98 Å². The number of furan rings is 1. The van der Waals surface area contributed by atoms with Crippen molar-refractivity contribution in [3.8, 4) is 11.1 Å². The molecule has 2 aromatic heterocycles. The van der Waals surface area contributed by atoms with Gasteiger partial charge < -0.3 is 20.4 Å². The number of carbonyl (C=O) groups excluding carboxylic acids is 2. The van der Waals surface area contributed by atoms with Crippen LogP contribution in [0.2, 0.25) is 0 Å². The molecule has 0 atom stereocenters. The average Bonchev–Trinajstić information content (AvgIpc) is 3.52. The number of hydrogen-bond donors (Lipinski definition) is 2. The molecular weight excluding hydrogens is 533 g/mol. The fraction of sp³-hybridized carbons (Fsp3) is 0.258. The van der Waals surface area contributed by atoms with Gasteiger partial charge in [-0.05, 0) is 77.1 Å². The van der Waals surface area contributed by atoms with E-state index >= 15 is 0 Å². The van der Waals surface area contributed by atoms with Gasteiger partial charge in [-0.2, -0.15) is 13.2 Å². The second-order valence-corrected chi connectivity index (χ2v) is 10.9. The van der Waals surface area contributed by atoms with Crippen LogP contribution >= 0.6 is 0 Å². The maximum atomic E-state index is 14.0. The van der Waals surface area contributed by atoms with Crippen molar-refractivity contribution in [2.75, 3.05) is 18.8 Å². The molecule has 1 fully saturated rings. The monoisotopic (exact) mass is 562 g/mol. The number of amides is 2. The van der Waals surface area contributed by atoms with E-state index in [0.717, 1.165) is 12.5 Å². The maximum Gasteiger partial charge on any atom is 0.420 e. The van der Waals surface area contributed by atoms with Crippen LogP contribution in [0.25, 0.3) is 28.2 Å². The van der Waals surface area contributed by atoms with E-state index in [1.54, 1.807) is 53.4 Å². The first-order valence-corrected chi connectivity index (χ1v) is 13.1. The van der Waals surface area contributed by atoms with E-state index in [4.69, 9.17) is 10.2 Å². The molecule has 7 nitrogen and oxygen atoms in total. The number of nitrogens with one attached hydrogen (secondary N) is 1. The Kier molecular flexibility index (Phi) is 7.33. The van der Waals surface area contributed by atoms with Crippen molar-refractivity contribution in [1.82, 2.24) is 15.2 Å². The molecule has 1 saturated heterocycles. The summed E-state index contributed by atoms with van der Waals surface area (Å²) in [4.78, 5) is 30.9. The van der Waals surface area contributed by atoms with E-state index in [9.17, 15) is 22.8 Å². The van der Waals surface area contributed by atoms with Crippen LogP contribution in [0.1, 0.15) is 47.5 Å². The first kappa shape index (κ1) is 27.9. The quantitative estimate of drug-likeness (QED) is 0.269. The maximum absolute atomic E-state index is 14.0. The van der Waals surface area contributed by atoms with Crippen molar-refractivity contribution in [3.63, 3.8) is 0 Å². The Morgan fingerprint density at radius 2 is 1.85 bits per heavy atom. The highest BCUT2D eigenvalue weighted by molar-refractivity contribution is 5.95. The number of hydrogen-bond acceptors (Lipinski definition) is 5. The van der Waals surface area contributed by atoms with E-state index in [1.807, 2.05) is 0 Å². The summed E-state index contributed by atoms with van der Waals surface area (Å²) in [6.07, 6.45) is 0.591. The molecule has 0 bridgehead atoms. The van der Waals surface area contributed by atoms with Crippen molar-refractivity contribution in [2.24, 2.45) is 5.41 Å². The highest BCUT2D eigenvalue weighted by Gasteiger charge is 2.35. The number of halogens is 3. The fourth-order valence-electron chi connectivity index (χ4n) is 4.86. The number of nitrogens with zero attached hydrogens (tertiary/aromatic N) is 2. The van der Waals surface area contributed by atoms with Gasteiger partial charge in [-0.15, -0.1) is 0 Å². The molecule has 3 heterocycles. The number of nitrogen functional groups attached to an aromatic ring is 1. The van der Waals surface area contributed by atoms with Crippen LogP contribution in [0.15, 0.2) is 71.3 Å². The summed E-state index contributed by atoms with van der Waals surface area (Å²) in [6, 6.07) is 14.0. The number of aromatic nitrogens is 1. The van der Waals surface area contributed by atoms with Crippen LogP contribution < -0.4 is 11.1 Å². The van der Waals surface area contributed by atoms with Crippen molar-refractivity contribution >= 4 is 34.7 Å². The van der Waals surface area contributed by atoms with Crippen LogP contribution in [0, 0.1) is 5.41 Å². The molecule has 0 spiro atoms. The Morgan fingerprint density at radius 1 is 1.10 bits per heavy atom. The van der Waals surface area contributed by atoms with E-state index in [1.165, 1.54) is 18.3 Å². The number of rotatable bonds is 6. The molecule has 4 aromatic rings. The molecule has 0 saturated carbocycles. The fourth-order valence-corrected chi connectivity index (χ4v) is 4.86. The highest BCUT2D eigenvalue weighted by Crippen LogP contribution is 2.39. The summed E-state index contributed by atoms with van der Waals surface area (Å²) in [5.74, 6) is -0.0130. The molecule has 3 N–H and O–H groups in total. The number of benzene rings is 2. The number of carbonyl (C=O) groups is 2. The predicted octanol–water partition coefficient (Wildman–Crippen LogP) is 6.30. The first-order chi connectivity index (χ1) is 19.4. The zero-order chi connectivity index (χ0) is 29.4. The molecule has 41 heavy (non-hydrogen) atoms. The van der Waals surface area contributed by atoms with E-state index in [0.29, 0.717) is 41.2 Å². The Labute approximate surface area is 234 Å². The average molecular weight is 563 g/mol. The largest absolute Gasteiger partial charge is 0.459 e. The summed E-state index contributed by atoms with van der Waals surface area (Å²) in [5.41, 5.74) is 6.41. The molecule has 10 heteroatoms. The van der Waals surface area contributed by atoms with Gasteiger partial charge in [0, 0.05) is 36.3 Å². The first-order valence-electron chi connectivity index (χ1n) is 13.1. The minimum Gasteiger partial charge on any atom is -0.459 e. The molecule has 212 valence electrons. The number of pyridine rings is 1. The third-order valence-corrected chi connectivity index (χ3v) is 7.08. The second kappa shape index (κ2) is 10.8. The third kappa shape index (κ3) is 6.42. The van der Waals surface area contributed by atoms with Gasteiger partial charge in [-0.1, -0.05) is 26.0 Å².